The Morgan fingerprint density at radius 2 is 1.52 bits per heavy atom. The van der Waals surface area contributed by atoms with Crippen LogP contribution in [-0.4, -0.2) is 17.0 Å². The summed E-state index contributed by atoms with van der Waals surface area (Å²) in [5.41, 5.74) is 1.34. The molecule has 1 N–H and O–H groups in total. The van der Waals surface area contributed by atoms with E-state index in [9.17, 15) is 5.11 Å². The summed E-state index contributed by atoms with van der Waals surface area (Å²) < 4.78 is 0. The van der Waals surface area contributed by atoms with Crippen LogP contribution in [0.1, 0.15) is 69.3 Å². The maximum Gasteiger partial charge on any atom is 0.0608 e. The number of rotatable bonds is 4. The van der Waals surface area contributed by atoms with Gasteiger partial charge in [0.15, 0.2) is 0 Å². The van der Waals surface area contributed by atoms with Crippen molar-refractivity contribution in [1.29, 1.82) is 0 Å². The third kappa shape index (κ3) is 4.26. The maximum absolute atomic E-state index is 10.2. The van der Waals surface area contributed by atoms with Gasteiger partial charge in [0, 0.05) is 16.6 Å². The molecule has 1 nitrogen and oxygen atoms in total. The van der Waals surface area contributed by atoms with E-state index >= 15 is 0 Å². The smallest absolute Gasteiger partial charge is 0.0608 e. The molecule has 0 amide bonds. The minimum absolute atomic E-state index is 0.125. The molecule has 0 spiro atoms. The summed E-state index contributed by atoms with van der Waals surface area (Å²) in [6.45, 7) is 0. The molecular formula is C19H28OS. The first kappa shape index (κ1) is 15.4. The van der Waals surface area contributed by atoms with Gasteiger partial charge in [0.25, 0.3) is 0 Å². The van der Waals surface area contributed by atoms with Crippen molar-refractivity contribution in [2.45, 2.75) is 74.7 Å². The maximum atomic E-state index is 10.2. The van der Waals surface area contributed by atoms with Crippen LogP contribution in [0.25, 0.3) is 0 Å². The van der Waals surface area contributed by atoms with Gasteiger partial charge in [0.1, 0.15) is 0 Å². The van der Waals surface area contributed by atoms with Crippen molar-refractivity contribution >= 4 is 11.8 Å². The van der Waals surface area contributed by atoms with Crippen LogP contribution in [0.15, 0.2) is 29.2 Å². The molecule has 0 saturated heterocycles. The van der Waals surface area contributed by atoms with E-state index in [4.69, 9.17) is 0 Å². The Bertz CT molecular complexity index is 422. The summed E-state index contributed by atoms with van der Waals surface area (Å²) in [7, 11) is 0. The average Bonchev–Trinajstić information content (AvgIpc) is 2.55. The number of aliphatic hydroxyl groups is 1. The lowest BCUT2D eigenvalue weighted by molar-refractivity contribution is 0.106. The summed E-state index contributed by atoms with van der Waals surface area (Å²) >= 11 is 2.02. The van der Waals surface area contributed by atoms with E-state index < -0.39 is 0 Å². The summed E-state index contributed by atoms with van der Waals surface area (Å²) in [4.78, 5) is 1.40. The van der Waals surface area contributed by atoms with E-state index in [2.05, 4.69) is 24.3 Å². The van der Waals surface area contributed by atoms with Crippen molar-refractivity contribution in [1.82, 2.24) is 0 Å². The van der Waals surface area contributed by atoms with Crippen LogP contribution in [0.5, 0.6) is 0 Å². The molecule has 0 bridgehead atoms. The van der Waals surface area contributed by atoms with Crippen LogP contribution in [0.3, 0.4) is 0 Å². The third-order valence-corrected chi connectivity index (χ3v) is 6.49. The van der Waals surface area contributed by atoms with Gasteiger partial charge in [0.05, 0.1) is 6.10 Å². The first-order valence-corrected chi connectivity index (χ1v) is 9.72. The Labute approximate surface area is 133 Å². The summed E-state index contributed by atoms with van der Waals surface area (Å²) in [5, 5.41) is 10.2. The van der Waals surface area contributed by atoms with Crippen molar-refractivity contribution in [3.8, 4) is 0 Å². The summed E-state index contributed by atoms with van der Waals surface area (Å²) in [5.74, 6) is 2.59. The first-order chi connectivity index (χ1) is 10.3. The molecule has 2 heteroatoms. The van der Waals surface area contributed by atoms with E-state index in [1.807, 2.05) is 11.8 Å². The summed E-state index contributed by atoms with van der Waals surface area (Å²) in [6, 6.07) is 9.04. The lowest BCUT2D eigenvalue weighted by Gasteiger charge is -2.28. The first-order valence-electron chi connectivity index (χ1n) is 8.74. The molecule has 1 aromatic rings. The molecule has 3 rings (SSSR count). The molecule has 2 unspecified atom stereocenters. The SMILES string of the molecule is OC1CCCCC1c1ccc(SCC2CCCCC2)cc1. The lowest BCUT2D eigenvalue weighted by atomic mass is 9.82. The Hall–Kier alpha value is -0.470. The molecule has 2 aliphatic carbocycles. The number of thioether (sulfide) groups is 1. The summed E-state index contributed by atoms with van der Waals surface area (Å²) in [6.07, 6.45) is 11.6. The van der Waals surface area contributed by atoms with Crippen molar-refractivity contribution in [3.63, 3.8) is 0 Å². The zero-order valence-corrected chi connectivity index (χ0v) is 13.8. The van der Waals surface area contributed by atoms with Gasteiger partial charge in [-0.05, 0) is 49.3 Å². The van der Waals surface area contributed by atoms with Gasteiger partial charge in [0.2, 0.25) is 0 Å². The van der Waals surface area contributed by atoms with Crippen LogP contribution in [0, 0.1) is 5.92 Å². The standard InChI is InChI=1S/C19H28OS/c20-19-9-5-4-8-18(19)16-10-12-17(13-11-16)21-14-15-6-2-1-3-7-15/h10-13,15,18-20H,1-9,14H2. The van der Waals surface area contributed by atoms with Gasteiger partial charge < -0.3 is 5.11 Å². The van der Waals surface area contributed by atoms with Crippen molar-refractivity contribution in [2.24, 2.45) is 5.92 Å². The second-order valence-electron chi connectivity index (χ2n) is 6.84. The van der Waals surface area contributed by atoms with Gasteiger partial charge in [-0.1, -0.05) is 44.2 Å². The van der Waals surface area contributed by atoms with E-state index in [0.717, 1.165) is 18.8 Å². The zero-order chi connectivity index (χ0) is 14.5. The molecular weight excluding hydrogens is 276 g/mol. The highest BCUT2D eigenvalue weighted by molar-refractivity contribution is 7.99. The Morgan fingerprint density at radius 1 is 0.857 bits per heavy atom. The molecule has 116 valence electrons. The second kappa shape index (κ2) is 7.69. The van der Waals surface area contributed by atoms with Gasteiger partial charge in [-0.15, -0.1) is 11.8 Å². The molecule has 0 heterocycles. The fourth-order valence-electron chi connectivity index (χ4n) is 3.88. The number of hydrogen-bond donors (Lipinski definition) is 1. The lowest BCUT2D eigenvalue weighted by Crippen LogP contribution is -2.22. The number of aliphatic hydroxyl groups excluding tert-OH is 1. The normalized spacial score (nSPS) is 27.7. The van der Waals surface area contributed by atoms with Gasteiger partial charge in [-0.3, -0.25) is 0 Å². The predicted octanol–water partition coefficient (Wildman–Crippen LogP) is 5.38. The molecule has 0 aliphatic heterocycles. The molecule has 0 radical (unpaired) electrons. The van der Waals surface area contributed by atoms with Gasteiger partial charge in [-0.25, -0.2) is 0 Å². The predicted molar refractivity (Wildman–Crippen MR) is 91.0 cm³/mol. The highest BCUT2D eigenvalue weighted by Gasteiger charge is 2.24. The minimum Gasteiger partial charge on any atom is -0.392 e. The Kier molecular flexibility index (Phi) is 5.65. The number of hydrogen-bond acceptors (Lipinski definition) is 2. The Balaban J connectivity index is 1.53. The van der Waals surface area contributed by atoms with Crippen LogP contribution < -0.4 is 0 Å². The van der Waals surface area contributed by atoms with Crippen LogP contribution in [0.2, 0.25) is 0 Å². The van der Waals surface area contributed by atoms with E-state index in [-0.39, 0.29) is 6.10 Å². The molecule has 1 aromatic carbocycles. The largest absolute Gasteiger partial charge is 0.392 e. The van der Waals surface area contributed by atoms with Crippen molar-refractivity contribution < 1.29 is 5.11 Å². The zero-order valence-electron chi connectivity index (χ0n) is 13.0. The van der Waals surface area contributed by atoms with E-state index in [1.54, 1.807) is 0 Å². The van der Waals surface area contributed by atoms with E-state index in [0.29, 0.717) is 5.92 Å². The quantitative estimate of drug-likeness (QED) is 0.754. The molecule has 0 aromatic heterocycles. The van der Waals surface area contributed by atoms with Gasteiger partial charge >= 0.3 is 0 Å². The average molecular weight is 304 g/mol. The molecule has 2 atom stereocenters. The fraction of sp³-hybridized carbons (Fsp3) is 0.684. The van der Waals surface area contributed by atoms with Crippen molar-refractivity contribution in [3.05, 3.63) is 29.8 Å². The topological polar surface area (TPSA) is 20.2 Å². The third-order valence-electron chi connectivity index (χ3n) is 5.25. The molecule has 2 aliphatic rings. The van der Waals surface area contributed by atoms with Crippen LogP contribution >= 0.6 is 11.8 Å². The second-order valence-corrected chi connectivity index (χ2v) is 7.94. The molecule has 2 fully saturated rings. The van der Waals surface area contributed by atoms with Crippen LogP contribution in [-0.2, 0) is 0 Å². The monoisotopic (exact) mass is 304 g/mol. The fourth-order valence-corrected chi connectivity index (χ4v) is 4.97. The van der Waals surface area contributed by atoms with Crippen LogP contribution in [0.4, 0.5) is 0 Å². The van der Waals surface area contributed by atoms with Gasteiger partial charge in [-0.2, -0.15) is 0 Å². The Morgan fingerprint density at radius 3 is 2.24 bits per heavy atom. The highest BCUT2D eigenvalue weighted by atomic mass is 32.2. The minimum atomic E-state index is -0.125. The molecule has 21 heavy (non-hydrogen) atoms. The van der Waals surface area contributed by atoms with E-state index in [1.165, 1.54) is 61.2 Å². The van der Waals surface area contributed by atoms with Crippen molar-refractivity contribution in [2.75, 3.05) is 5.75 Å². The molecule has 2 saturated carbocycles. The number of benzene rings is 1. The highest BCUT2D eigenvalue weighted by Crippen LogP contribution is 2.35.